The van der Waals surface area contributed by atoms with E-state index in [-0.39, 0.29) is 6.04 Å². The molecular formula is C10H17N3O. The first kappa shape index (κ1) is 10.8. The van der Waals surface area contributed by atoms with Gasteiger partial charge in [-0.1, -0.05) is 0 Å². The molecule has 4 heteroatoms. The Bertz CT molecular complexity index is 261. The van der Waals surface area contributed by atoms with E-state index >= 15 is 0 Å². The standard InChI is InChI=1S/C10H17N3O/c1-3-14-7-8(2)13-10-5-4-9(11)6-12-10/h4-6,8H,3,7,11H2,1-2H3,(H,12,13). The Balaban J connectivity index is 2.39. The molecule has 0 aliphatic heterocycles. The second kappa shape index (κ2) is 5.44. The molecule has 4 nitrogen and oxygen atoms in total. The van der Waals surface area contributed by atoms with Crippen LogP contribution in [0.5, 0.6) is 0 Å². The van der Waals surface area contributed by atoms with Crippen molar-refractivity contribution in [2.45, 2.75) is 19.9 Å². The second-order valence-corrected chi connectivity index (χ2v) is 3.18. The fourth-order valence-electron chi connectivity index (χ4n) is 1.08. The fourth-order valence-corrected chi connectivity index (χ4v) is 1.08. The fraction of sp³-hybridized carbons (Fsp3) is 0.500. The maximum Gasteiger partial charge on any atom is 0.126 e. The van der Waals surface area contributed by atoms with Gasteiger partial charge in [0.25, 0.3) is 0 Å². The summed E-state index contributed by atoms with van der Waals surface area (Å²) in [5.41, 5.74) is 6.20. The zero-order chi connectivity index (χ0) is 10.4. The van der Waals surface area contributed by atoms with Crippen LogP contribution in [0.3, 0.4) is 0 Å². The summed E-state index contributed by atoms with van der Waals surface area (Å²) >= 11 is 0. The van der Waals surface area contributed by atoms with Crippen LogP contribution in [0.25, 0.3) is 0 Å². The number of hydrogen-bond acceptors (Lipinski definition) is 4. The van der Waals surface area contributed by atoms with E-state index < -0.39 is 0 Å². The molecule has 0 radical (unpaired) electrons. The van der Waals surface area contributed by atoms with Crippen molar-refractivity contribution < 1.29 is 4.74 Å². The van der Waals surface area contributed by atoms with Crippen LogP contribution in [-0.2, 0) is 4.74 Å². The minimum Gasteiger partial charge on any atom is -0.397 e. The van der Waals surface area contributed by atoms with Crippen LogP contribution in [0.2, 0.25) is 0 Å². The summed E-state index contributed by atoms with van der Waals surface area (Å²) in [5.74, 6) is 0.825. The van der Waals surface area contributed by atoms with Crippen LogP contribution >= 0.6 is 0 Å². The number of pyridine rings is 1. The Hall–Kier alpha value is -1.29. The zero-order valence-corrected chi connectivity index (χ0v) is 8.66. The van der Waals surface area contributed by atoms with Gasteiger partial charge in [0.1, 0.15) is 5.82 Å². The third kappa shape index (κ3) is 3.62. The molecule has 1 atom stereocenters. The lowest BCUT2D eigenvalue weighted by Gasteiger charge is -2.13. The molecule has 0 bridgehead atoms. The van der Waals surface area contributed by atoms with Crippen LogP contribution in [-0.4, -0.2) is 24.2 Å². The first-order valence-electron chi connectivity index (χ1n) is 4.78. The van der Waals surface area contributed by atoms with Gasteiger partial charge < -0.3 is 15.8 Å². The SMILES string of the molecule is CCOCC(C)Nc1ccc(N)cn1. The van der Waals surface area contributed by atoms with Crippen LogP contribution < -0.4 is 11.1 Å². The van der Waals surface area contributed by atoms with Gasteiger partial charge in [0, 0.05) is 12.6 Å². The van der Waals surface area contributed by atoms with Crippen molar-refractivity contribution >= 4 is 11.5 Å². The predicted molar refractivity (Wildman–Crippen MR) is 58.2 cm³/mol. The molecule has 0 aliphatic carbocycles. The quantitative estimate of drug-likeness (QED) is 0.747. The molecule has 0 amide bonds. The highest BCUT2D eigenvalue weighted by atomic mass is 16.5. The molecule has 78 valence electrons. The van der Waals surface area contributed by atoms with E-state index in [2.05, 4.69) is 10.3 Å². The highest BCUT2D eigenvalue weighted by molar-refractivity contribution is 5.44. The van der Waals surface area contributed by atoms with Crippen molar-refractivity contribution in [3.63, 3.8) is 0 Å². The van der Waals surface area contributed by atoms with Crippen LogP contribution in [0.15, 0.2) is 18.3 Å². The molecule has 0 saturated heterocycles. The average molecular weight is 195 g/mol. The van der Waals surface area contributed by atoms with Crippen molar-refractivity contribution in [3.05, 3.63) is 18.3 Å². The molecule has 1 unspecified atom stereocenters. The van der Waals surface area contributed by atoms with E-state index in [1.165, 1.54) is 0 Å². The summed E-state index contributed by atoms with van der Waals surface area (Å²) in [5, 5.41) is 3.21. The minimum absolute atomic E-state index is 0.256. The van der Waals surface area contributed by atoms with Gasteiger partial charge in [0.2, 0.25) is 0 Å². The molecule has 0 spiro atoms. The first-order valence-corrected chi connectivity index (χ1v) is 4.78. The molecule has 1 aromatic rings. The Morgan fingerprint density at radius 1 is 1.57 bits per heavy atom. The van der Waals surface area contributed by atoms with Gasteiger partial charge in [-0.2, -0.15) is 0 Å². The summed E-state index contributed by atoms with van der Waals surface area (Å²) in [6, 6.07) is 3.94. The van der Waals surface area contributed by atoms with Gasteiger partial charge in [-0.15, -0.1) is 0 Å². The Morgan fingerprint density at radius 3 is 2.93 bits per heavy atom. The number of ether oxygens (including phenoxy) is 1. The Morgan fingerprint density at radius 2 is 2.36 bits per heavy atom. The molecule has 0 saturated carbocycles. The molecule has 1 heterocycles. The topological polar surface area (TPSA) is 60.2 Å². The number of anilines is 2. The lowest BCUT2D eigenvalue weighted by Crippen LogP contribution is -2.22. The van der Waals surface area contributed by atoms with E-state index in [1.54, 1.807) is 6.20 Å². The van der Waals surface area contributed by atoms with E-state index in [0.29, 0.717) is 12.3 Å². The zero-order valence-electron chi connectivity index (χ0n) is 8.66. The second-order valence-electron chi connectivity index (χ2n) is 3.18. The van der Waals surface area contributed by atoms with Gasteiger partial charge in [-0.25, -0.2) is 4.98 Å². The smallest absolute Gasteiger partial charge is 0.126 e. The molecule has 0 fully saturated rings. The maximum atomic E-state index is 5.52. The summed E-state index contributed by atoms with van der Waals surface area (Å²) < 4.78 is 5.28. The third-order valence-corrected chi connectivity index (χ3v) is 1.75. The van der Waals surface area contributed by atoms with E-state index in [4.69, 9.17) is 10.5 Å². The summed E-state index contributed by atoms with van der Waals surface area (Å²) in [7, 11) is 0. The van der Waals surface area contributed by atoms with Gasteiger partial charge in [0.15, 0.2) is 0 Å². The number of nitrogens with zero attached hydrogens (tertiary/aromatic N) is 1. The van der Waals surface area contributed by atoms with E-state index in [0.717, 1.165) is 12.4 Å². The van der Waals surface area contributed by atoms with Crippen LogP contribution in [0.1, 0.15) is 13.8 Å². The molecule has 0 aromatic carbocycles. The Kier molecular flexibility index (Phi) is 4.19. The van der Waals surface area contributed by atoms with Crippen molar-refractivity contribution in [1.29, 1.82) is 0 Å². The number of nitrogens with one attached hydrogen (secondary N) is 1. The Labute approximate surface area is 84.5 Å². The summed E-state index contributed by atoms with van der Waals surface area (Å²) in [6.45, 7) is 5.45. The van der Waals surface area contributed by atoms with Gasteiger partial charge >= 0.3 is 0 Å². The first-order chi connectivity index (χ1) is 6.72. The third-order valence-electron chi connectivity index (χ3n) is 1.75. The lowest BCUT2D eigenvalue weighted by molar-refractivity contribution is 0.141. The molecule has 14 heavy (non-hydrogen) atoms. The minimum atomic E-state index is 0.256. The average Bonchev–Trinajstić information content (AvgIpc) is 2.18. The monoisotopic (exact) mass is 195 g/mol. The largest absolute Gasteiger partial charge is 0.397 e. The number of nitrogens with two attached hydrogens (primary N) is 1. The molecule has 3 N–H and O–H groups in total. The predicted octanol–water partition coefficient (Wildman–Crippen LogP) is 1.50. The number of rotatable bonds is 5. The molecular weight excluding hydrogens is 178 g/mol. The summed E-state index contributed by atoms with van der Waals surface area (Å²) in [4.78, 5) is 4.13. The maximum absolute atomic E-state index is 5.52. The number of nitrogen functional groups attached to an aromatic ring is 1. The van der Waals surface area contributed by atoms with E-state index in [9.17, 15) is 0 Å². The normalized spacial score (nSPS) is 12.4. The number of hydrogen-bond donors (Lipinski definition) is 2. The number of aromatic nitrogens is 1. The van der Waals surface area contributed by atoms with Gasteiger partial charge in [0.05, 0.1) is 18.5 Å². The molecule has 1 rings (SSSR count). The van der Waals surface area contributed by atoms with Crippen LogP contribution in [0.4, 0.5) is 11.5 Å². The summed E-state index contributed by atoms with van der Waals surface area (Å²) in [6.07, 6.45) is 1.63. The van der Waals surface area contributed by atoms with Gasteiger partial charge in [-0.3, -0.25) is 0 Å². The molecule has 0 aliphatic rings. The van der Waals surface area contributed by atoms with Crippen LogP contribution in [0, 0.1) is 0 Å². The van der Waals surface area contributed by atoms with Crippen molar-refractivity contribution in [2.75, 3.05) is 24.3 Å². The highest BCUT2D eigenvalue weighted by Crippen LogP contribution is 2.07. The van der Waals surface area contributed by atoms with Crippen molar-refractivity contribution in [3.8, 4) is 0 Å². The van der Waals surface area contributed by atoms with Crippen molar-refractivity contribution in [2.24, 2.45) is 0 Å². The highest BCUT2D eigenvalue weighted by Gasteiger charge is 2.01. The van der Waals surface area contributed by atoms with Crippen molar-refractivity contribution in [1.82, 2.24) is 4.98 Å². The lowest BCUT2D eigenvalue weighted by atomic mass is 10.3. The van der Waals surface area contributed by atoms with Gasteiger partial charge in [-0.05, 0) is 26.0 Å². The van der Waals surface area contributed by atoms with E-state index in [1.807, 2.05) is 26.0 Å². The molecule has 1 aromatic heterocycles.